The van der Waals surface area contributed by atoms with Crippen molar-refractivity contribution in [3.8, 4) is 0 Å². The largest absolute Gasteiger partial charge is 0.509 e. The fourth-order valence-corrected chi connectivity index (χ4v) is 2.38. The zero-order valence-corrected chi connectivity index (χ0v) is 13.5. The van der Waals surface area contributed by atoms with Crippen molar-refractivity contribution in [2.24, 2.45) is 11.0 Å². The summed E-state index contributed by atoms with van der Waals surface area (Å²) in [5, 5.41) is 17.3. The summed E-state index contributed by atoms with van der Waals surface area (Å²) in [6.45, 7) is 7.76. The molecule has 0 bridgehead atoms. The molecule has 1 aromatic carbocycles. The average molecular weight is 301 g/mol. The zero-order chi connectivity index (χ0) is 16.3. The van der Waals surface area contributed by atoms with Gasteiger partial charge in [-0.05, 0) is 31.9 Å². The first kappa shape index (κ1) is 16.1. The molecule has 0 saturated heterocycles. The average Bonchev–Trinajstić information content (AvgIpc) is 2.80. The number of carbonyl (C=O) groups excluding carboxylic acids is 1. The molecule has 1 heterocycles. The number of anilines is 1. The lowest BCUT2D eigenvalue weighted by molar-refractivity contribution is -0.116. The molecule has 0 aliphatic carbocycles. The highest BCUT2D eigenvalue weighted by Gasteiger charge is 2.35. The number of hydrogen-bond donors (Lipinski definition) is 3. The van der Waals surface area contributed by atoms with Crippen LogP contribution in [0.5, 0.6) is 0 Å². The zero-order valence-electron chi connectivity index (χ0n) is 13.5. The molecular weight excluding hydrogens is 278 g/mol. The Balaban J connectivity index is 2.18. The van der Waals surface area contributed by atoms with Crippen LogP contribution >= 0.6 is 0 Å². The highest BCUT2D eigenvalue weighted by Crippen LogP contribution is 2.24. The summed E-state index contributed by atoms with van der Waals surface area (Å²) in [5.74, 6) is 0.000343. The minimum Gasteiger partial charge on any atom is -0.509 e. The number of benzene rings is 1. The second kappa shape index (κ2) is 6.64. The Morgan fingerprint density at radius 1 is 1.41 bits per heavy atom. The van der Waals surface area contributed by atoms with E-state index >= 15 is 0 Å². The summed E-state index contributed by atoms with van der Waals surface area (Å²) in [5.41, 5.74) is 5.65. The Hall–Kier alpha value is -2.30. The molecule has 118 valence electrons. The van der Waals surface area contributed by atoms with Crippen molar-refractivity contribution < 1.29 is 9.90 Å². The molecule has 22 heavy (non-hydrogen) atoms. The number of nitrogens with zero attached hydrogens (tertiary/aromatic N) is 1. The van der Waals surface area contributed by atoms with E-state index in [1.54, 1.807) is 6.92 Å². The summed E-state index contributed by atoms with van der Waals surface area (Å²) < 4.78 is 0. The fraction of sp³-hybridized carbons (Fsp3) is 0.412. The van der Waals surface area contributed by atoms with Crippen LogP contribution in [-0.4, -0.2) is 22.8 Å². The maximum Gasteiger partial charge on any atom is 0.257 e. The normalized spacial score (nSPS) is 20.1. The Bertz CT molecular complexity index is 617. The van der Waals surface area contributed by atoms with Crippen LogP contribution in [0.15, 0.2) is 40.7 Å². The van der Waals surface area contributed by atoms with Crippen molar-refractivity contribution in [2.45, 2.75) is 40.2 Å². The van der Waals surface area contributed by atoms with E-state index in [1.807, 2.05) is 45.0 Å². The Morgan fingerprint density at radius 3 is 2.64 bits per heavy atom. The van der Waals surface area contributed by atoms with E-state index in [9.17, 15) is 9.90 Å². The molecule has 1 aliphatic heterocycles. The monoisotopic (exact) mass is 301 g/mol. The Morgan fingerprint density at radius 2 is 2.05 bits per heavy atom. The van der Waals surface area contributed by atoms with Crippen LogP contribution in [-0.2, 0) is 4.79 Å². The second-order valence-corrected chi connectivity index (χ2v) is 5.77. The summed E-state index contributed by atoms with van der Waals surface area (Å²) in [7, 11) is 0. The van der Waals surface area contributed by atoms with Crippen LogP contribution in [0.2, 0.25) is 0 Å². The Labute approximate surface area is 131 Å². The van der Waals surface area contributed by atoms with Crippen molar-refractivity contribution in [1.29, 1.82) is 0 Å². The van der Waals surface area contributed by atoms with Gasteiger partial charge in [-0.2, -0.15) is 5.10 Å². The number of hydrazone groups is 1. The van der Waals surface area contributed by atoms with Crippen LogP contribution in [0.4, 0.5) is 5.69 Å². The number of carbonyl (C=O) groups is 1. The van der Waals surface area contributed by atoms with Crippen LogP contribution < -0.4 is 10.7 Å². The standard InChI is InChI=1S/C17H23N3O2/c1-5-11(3)15-16(21)14(17(22)18-15)12(4)19-20-13-8-6-10(2)7-9-13/h6-9,11,15,20-21H,5H2,1-4H3,(H,18,22)/t11-,15-/m0/s1. The molecule has 5 heteroatoms. The highest BCUT2D eigenvalue weighted by molar-refractivity contribution is 6.22. The number of rotatable bonds is 5. The maximum atomic E-state index is 12.1. The molecule has 3 N–H and O–H groups in total. The van der Waals surface area contributed by atoms with Crippen molar-refractivity contribution >= 4 is 17.3 Å². The number of aryl methyl sites for hydroxylation is 1. The molecule has 0 aromatic heterocycles. The minimum absolute atomic E-state index is 0.0892. The molecule has 0 saturated carbocycles. The molecule has 1 aliphatic rings. The van der Waals surface area contributed by atoms with Crippen molar-refractivity contribution in [1.82, 2.24) is 5.32 Å². The molecule has 1 aromatic rings. The van der Waals surface area contributed by atoms with Crippen LogP contribution in [0.3, 0.4) is 0 Å². The van der Waals surface area contributed by atoms with Crippen molar-refractivity contribution in [3.05, 3.63) is 41.2 Å². The van der Waals surface area contributed by atoms with Gasteiger partial charge in [-0.3, -0.25) is 10.2 Å². The number of aliphatic hydroxyl groups is 1. The van der Waals surface area contributed by atoms with Gasteiger partial charge in [0, 0.05) is 0 Å². The lowest BCUT2D eigenvalue weighted by Gasteiger charge is -2.17. The highest BCUT2D eigenvalue weighted by atomic mass is 16.3. The third kappa shape index (κ3) is 3.30. The topological polar surface area (TPSA) is 73.7 Å². The van der Waals surface area contributed by atoms with Crippen LogP contribution in [0.1, 0.15) is 32.8 Å². The summed E-state index contributed by atoms with van der Waals surface area (Å²) in [6.07, 6.45) is 0.875. The Kier molecular flexibility index (Phi) is 4.85. The molecule has 2 rings (SSSR count). The number of nitrogens with one attached hydrogen (secondary N) is 2. The number of aliphatic hydroxyl groups excluding tert-OH is 1. The molecule has 1 amide bonds. The van der Waals surface area contributed by atoms with Crippen LogP contribution in [0.25, 0.3) is 0 Å². The SMILES string of the molecule is CC[C@H](C)[C@@H]1NC(=O)C(C(C)=NNc2ccc(C)cc2)=C1O. The number of amides is 1. The van der Waals surface area contributed by atoms with Gasteiger partial charge in [0.2, 0.25) is 0 Å². The quantitative estimate of drug-likeness (QED) is 0.578. The summed E-state index contributed by atoms with van der Waals surface area (Å²) in [6, 6.07) is 7.46. The first-order valence-corrected chi connectivity index (χ1v) is 7.55. The van der Waals surface area contributed by atoms with E-state index < -0.39 is 0 Å². The first-order chi connectivity index (χ1) is 10.4. The molecule has 0 unspecified atom stereocenters. The lowest BCUT2D eigenvalue weighted by atomic mass is 9.97. The fourth-order valence-electron chi connectivity index (χ4n) is 2.38. The molecule has 5 nitrogen and oxygen atoms in total. The van der Waals surface area contributed by atoms with Gasteiger partial charge in [-0.15, -0.1) is 0 Å². The van der Waals surface area contributed by atoms with E-state index in [4.69, 9.17) is 0 Å². The first-order valence-electron chi connectivity index (χ1n) is 7.55. The summed E-state index contributed by atoms with van der Waals surface area (Å²) >= 11 is 0. The predicted molar refractivity (Wildman–Crippen MR) is 89.0 cm³/mol. The number of hydrogen-bond acceptors (Lipinski definition) is 4. The van der Waals surface area contributed by atoms with Crippen LogP contribution in [0, 0.1) is 12.8 Å². The van der Waals surface area contributed by atoms with E-state index in [1.165, 1.54) is 0 Å². The molecular formula is C17H23N3O2. The van der Waals surface area contributed by atoms with Gasteiger partial charge < -0.3 is 10.4 Å². The van der Waals surface area contributed by atoms with E-state index in [0.29, 0.717) is 5.71 Å². The lowest BCUT2D eigenvalue weighted by Crippen LogP contribution is -2.34. The van der Waals surface area contributed by atoms with Crippen molar-refractivity contribution in [3.63, 3.8) is 0 Å². The minimum atomic E-state index is -0.322. The summed E-state index contributed by atoms with van der Waals surface area (Å²) in [4.78, 5) is 12.1. The molecule has 0 fully saturated rings. The van der Waals surface area contributed by atoms with Gasteiger partial charge >= 0.3 is 0 Å². The van der Waals surface area contributed by atoms with Gasteiger partial charge in [0.15, 0.2) is 0 Å². The van der Waals surface area contributed by atoms with E-state index in [0.717, 1.165) is 17.7 Å². The third-order valence-electron chi connectivity index (χ3n) is 4.04. The van der Waals surface area contributed by atoms with Gasteiger partial charge in [-0.25, -0.2) is 0 Å². The molecule has 0 radical (unpaired) electrons. The maximum absolute atomic E-state index is 12.1. The second-order valence-electron chi connectivity index (χ2n) is 5.77. The third-order valence-corrected chi connectivity index (χ3v) is 4.04. The molecule has 2 atom stereocenters. The van der Waals surface area contributed by atoms with E-state index in [-0.39, 0.29) is 29.2 Å². The van der Waals surface area contributed by atoms with Gasteiger partial charge in [0.25, 0.3) is 5.91 Å². The predicted octanol–water partition coefficient (Wildman–Crippen LogP) is 3.14. The van der Waals surface area contributed by atoms with E-state index in [2.05, 4.69) is 15.8 Å². The van der Waals surface area contributed by atoms with Gasteiger partial charge in [-0.1, -0.05) is 38.0 Å². The molecule has 0 spiro atoms. The van der Waals surface area contributed by atoms with Gasteiger partial charge in [0.05, 0.1) is 17.4 Å². The van der Waals surface area contributed by atoms with Gasteiger partial charge in [0.1, 0.15) is 11.3 Å². The van der Waals surface area contributed by atoms with Crippen molar-refractivity contribution in [2.75, 3.05) is 5.43 Å². The smallest absolute Gasteiger partial charge is 0.257 e.